The van der Waals surface area contributed by atoms with Gasteiger partial charge in [0.15, 0.2) is 5.78 Å². The lowest BCUT2D eigenvalue weighted by molar-refractivity contribution is -0.277. The van der Waals surface area contributed by atoms with Crippen molar-refractivity contribution < 1.29 is 44.9 Å². The van der Waals surface area contributed by atoms with Crippen molar-refractivity contribution >= 4 is 11.9 Å². The fraction of sp³-hybridized carbons (Fsp3) is 0.286. The van der Waals surface area contributed by atoms with Crippen LogP contribution in [0.4, 0.5) is 0 Å². The Labute approximate surface area is 171 Å². The molecule has 0 aromatic heterocycles. The Morgan fingerprint density at radius 3 is 2.47 bits per heavy atom. The number of phenolic OH excluding ortho intramolecular Hbond substituents is 2. The number of hydrogen-bond donors (Lipinski definition) is 6. The van der Waals surface area contributed by atoms with Gasteiger partial charge < -0.3 is 40.1 Å². The summed E-state index contributed by atoms with van der Waals surface area (Å²) in [5.41, 5.74) is 0.428. The minimum atomic E-state index is -1.58. The average Bonchev–Trinajstić information content (AvgIpc) is 2.73. The van der Waals surface area contributed by atoms with Crippen molar-refractivity contribution in [3.8, 4) is 17.2 Å². The number of carbonyl (C=O) groups is 1. The first kappa shape index (κ1) is 21.8. The highest BCUT2D eigenvalue weighted by Gasteiger charge is 2.44. The maximum atomic E-state index is 12.3. The molecular weight excluding hydrogens is 396 g/mol. The number of para-hydroxylation sites is 1. The summed E-state index contributed by atoms with van der Waals surface area (Å²) in [5, 5.41) is 58.3. The first-order chi connectivity index (χ1) is 14.3. The molecule has 6 N–H and O–H groups in total. The highest BCUT2D eigenvalue weighted by molar-refractivity contribution is 6.08. The molecule has 1 heterocycles. The van der Waals surface area contributed by atoms with E-state index in [1.807, 2.05) is 0 Å². The van der Waals surface area contributed by atoms with Gasteiger partial charge in [0.05, 0.1) is 12.2 Å². The zero-order chi connectivity index (χ0) is 21.8. The number of hydrogen-bond acceptors (Lipinski definition) is 9. The van der Waals surface area contributed by atoms with Gasteiger partial charge in [0, 0.05) is 11.6 Å². The summed E-state index contributed by atoms with van der Waals surface area (Å²) in [5.74, 6) is -0.849. The van der Waals surface area contributed by atoms with Crippen LogP contribution in [-0.4, -0.2) is 73.7 Å². The molecule has 0 aliphatic carbocycles. The summed E-state index contributed by atoms with van der Waals surface area (Å²) in [6.45, 7) is -0.586. The van der Waals surface area contributed by atoms with Crippen LogP contribution in [0.2, 0.25) is 0 Å². The standard InChI is InChI=1S/C21H22O9/c22-10-17-18(26)19(27)20(28)21(30-17)29-16-4-2-1-3-11(16)5-8-14(24)13-7-6-12(23)9-15(13)25/h1-9,17-23,25-28H,10H2/b8-5+/t17-,18-,19+,20-,21-/m1/s1. The SMILES string of the molecule is O=C(/C=C/c1ccccc1O[C@@H]1O[C@H](CO)[C@@H](O)[C@H](O)[C@H]1O)c1ccc(O)cc1O. The van der Waals surface area contributed by atoms with E-state index < -0.39 is 43.1 Å². The fourth-order valence-electron chi connectivity index (χ4n) is 3.00. The number of aromatic hydroxyl groups is 2. The van der Waals surface area contributed by atoms with Crippen LogP contribution < -0.4 is 4.74 Å². The van der Waals surface area contributed by atoms with Crippen LogP contribution in [0.25, 0.3) is 6.08 Å². The number of phenols is 2. The molecule has 9 nitrogen and oxygen atoms in total. The minimum absolute atomic E-state index is 0.00335. The molecule has 0 spiro atoms. The van der Waals surface area contributed by atoms with Gasteiger partial charge in [-0.2, -0.15) is 0 Å². The van der Waals surface area contributed by atoms with Gasteiger partial charge in [-0.05, 0) is 30.4 Å². The summed E-state index contributed by atoms with van der Waals surface area (Å²) in [4.78, 5) is 12.3. The maximum absolute atomic E-state index is 12.3. The lowest BCUT2D eigenvalue weighted by atomic mass is 9.99. The van der Waals surface area contributed by atoms with E-state index in [1.54, 1.807) is 24.3 Å². The van der Waals surface area contributed by atoms with E-state index in [-0.39, 0.29) is 22.8 Å². The highest BCUT2D eigenvalue weighted by atomic mass is 16.7. The quantitative estimate of drug-likeness (QED) is 0.284. The van der Waals surface area contributed by atoms with Crippen molar-refractivity contribution in [1.82, 2.24) is 0 Å². The van der Waals surface area contributed by atoms with Gasteiger partial charge in [0.2, 0.25) is 6.29 Å². The topological polar surface area (TPSA) is 157 Å². The minimum Gasteiger partial charge on any atom is -0.508 e. The third-order valence-electron chi connectivity index (χ3n) is 4.67. The van der Waals surface area contributed by atoms with Crippen molar-refractivity contribution in [3.05, 3.63) is 59.7 Å². The Kier molecular flexibility index (Phi) is 6.70. The molecule has 160 valence electrons. The van der Waals surface area contributed by atoms with Crippen LogP contribution in [-0.2, 0) is 4.74 Å². The van der Waals surface area contributed by atoms with Gasteiger partial charge >= 0.3 is 0 Å². The van der Waals surface area contributed by atoms with Crippen molar-refractivity contribution in [2.45, 2.75) is 30.7 Å². The number of rotatable bonds is 6. The molecule has 2 aromatic carbocycles. The van der Waals surface area contributed by atoms with E-state index >= 15 is 0 Å². The predicted octanol–water partition coefficient (Wildman–Crippen LogP) is 0.173. The summed E-state index contributed by atoms with van der Waals surface area (Å²) in [6, 6.07) is 10.1. The maximum Gasteiger partial charge on any atom is 0.229 e. The molecule has 1 aliphatic rings. The van der Waals surface area contributed by atoms with Gasteiger partial charge in [-0.3, -0.25) is 4.79 Å². The molecule has 0 radical (unpaired) electrons. The van der Waals surface area contributed by atoms with Gasteiger partial charge in [-0.15, -0.1) is 0 Å². The van der Waals surface area contributed by atoms with E-state index in [0.29, 0.717) is 5.56 Å². The summed E-state index contributed by atoms with van der Waals surface area (Å²) >= 11 is 0. The van der Waals surface area contributed by atoms with Crippen LogP contribution in [0, 0.1) is 0 Å². The average molecular weight is 418 g/mol. The van der Waals surface area contributed by atoms with Gasteiger partial charge in [0.25, 0.3) is 0 Å². The highest BCUT2D eigenvalue weighted by Crippen LogP contribution is 2.28. The van der Waals surface area contributed by atoms with Crippen LogP contribution in [0.1, 0.15) is 15.9 Å². The first-order valence-electron chi connectivity index (χ1n) is 9.12. The zero-order valence-electron chi connectivity index (χ0n) is 15.7. The van der Waals surface area contributed by atoms with Crippen LogP contribution in [0.5, 0.6) is 17.2 Å². The fourth-order valence-corrected chi connectivity index (χ4v) is 3.00. The number of aliphatic hydroxyl groups is 4. The molecular formula is C21H22O9. The molecule has 1 saturated heterocycles. The summed E-state index contributed by atoms with van der Waals surface area (Å²) in [6.07, 6.45) is -4.52. The molecule has 0 amide bonds. The third-order valence-corrected chi connectivity index (χ3v) is 4.67. The third kappa shape index (κ3) is 4.61. The van der Waals surface area contributed by atoms with Crippen molar-refractivity contribution in [1.29, 1.82) is 0 Å². The van der Waals surface area contributed by atoms with Crippen molar-refractivity contribution in [3.63, 3.8) is 0 Å². The lowest BCUT2D eigenvalue weighted by Crippen LogP contribution is -2.60. The van der Waals surface area contributed by atoms with Gasteiger partial charge in [-0.25, -0.2) is 0 Å². The lowest BCUT2D eigenvalue weighted by Gasteiger charge is -2.39. The number of carbonyl (C=O) groups excluding carboxylic acids is 1. The molecule has 1 fully saturated rings. The zero-order valence-corrected chi connectivity index (χ0v) is 15.7. The van der Waals surface area contributed by atoms with Crippen LogP contribution in [0.15, 0.2) is 48.5 Å². The predicted molar refractivity (Wildman–Crippen MR) is 104 cm³/mol. The van der Waals surface area contributed by atoms with E-state index in [1.165, 1.54) is 24.3 Å². The van der Waals surface area contributed by atoms with Gasteiger partial charge in [-0.1, -0.05) is 18.2 Å². The Bertz CT molecular complexity index is 924. The molecule has 9 heteroatoms. The number of benzene rings is 2. The van der Waals surface area contributed by atoms with Crippen LogP contribution in [0.3, 0.4) is 0 Å². The second-order valence-electron chi connectivity index (χ2n) is 6.75. The molecule has 0 unspecified atom stereocenters. The monoisotopic (exact) mass is 418 g/mol. The normalized spacial score (nSPS) is 26.6. The molecule has 5 atom stereocenters. The Morgan fingerprint density at radius 2 is 1.77 bits per heavy atom. The number of allylic oxidation sites excluding steroid dienone is 1. The molecule has 2 aromatic rings. The summed E-state index contributed by atoms with van der Waals surface area (Å²) < 4.78 is 11.0. The molecule has 0 bridgehead atoms. The van der Waals surface area contributed by atoms with E-state index in [0.717, 1.165) is 6.07 Å². The largest absolute Gasteiger partial charge is 0.508 e. The van der Waals surface area contributed by atoms with Crippen molar-refractivity contribution in [2.24, 2.45) is 0 Å². The number of aliphatic hydroxyl groups excluding tert-OH is 4. The first-order valence-corrected chi connectivity index (χ1v) is 9.12. The molecule has 30 heavy (non-hydrogen) atoms. The summed E-state index contributed by atoms with van der Waals surface area (Å²) in [7, 11) is 0. The molecule has 3 rings (SSSR count). The second kappa shape index (κ2) is 9.24. The van der Waals surface area contributed by atoms with E-state index in [2.05, 4.69) is 0 Å². The Hall–Kier alpha value is -2.95. The Balaban J connectivity index is 1.79. The Morgan fingerprint density at radius 1 is 1.03 bits per heavy atom. The molecule has 0 saturated carbocycles. The smallest absolute Gasteiger partial charge is 0.229 e. The second-order valence-corrected chi connectivity index (χ2v) is 6.75. The molecule has 1 aliphatic heterocycles. The van der Waals surface area contributed by atoms with Crippen LogP contribution >= 0.6 is 0 Å². The van der Waals surface area contributed by atoms with E-state index in [4.69, 9.17) is 9.47 Å². The van der Waals surface area contributed by atoms with Gasteiger partial charge in [0.1, 0.15) is 41.7 Å². The number of ketones is 1. The van der Waals surface area contributed by atoms with Crippen molar-refractivity contribution in [2.75, 3.05) is 6.61 Å². The number of ether oxygens (including phenoxy) is 2. The van der Waals surface area contributed by atoms with E-state index in [9.17, 15) is 35.4 Å².